The van der Waals surface area contributed by atoms with Crippen LogP contribution in [0.25, 0.3) is 6.08 Å². The van der Waals surface area contributed by atoms with Crippen LogP contribution in [0.2, 0.25) is 0 Å². The zero-order chi connectivity index (χ0) is 13.1. The third kappa shape index (κ3) is 2.73. The van der Waals surface area contributed by atoms with E-state index in [0.717, 1.165) is 5.56 Å². The van der Waals surface area contributed by atoms with Gasteiger partial charge < -0.3 is 10.6 Å². The van der Waals surface area contributed by atoms with Crippen LogP contribution in [0.4, 0.5) is 10.5 Å². The summed E-state index contributed by atoms with van der Waals surface area (Å²) < 4.78 is 0. The molecule has 6 nitrogen and oxygen atoms in total. The summed E-state index contributed by atoms with van der Waals surface area (Å²) in [5.74, 6) is -0.602. The summed E-state index contributed by atoms with van der Waals surface area (Å²) in [7, 11) is 0. The number of hydrogen-bond donors (Lipinski definition) is 3. The molecule has 4 amide bonds. The lowest BCUT2D eigenvalue weighted by molar-refractivity contribution is -0.116. The minimum atomic E-state index is -0.527. The molecule has 0 atom stereocenters. The van der Waals surface area contributed by atoms with Crippen LogP contribution in [0, 0.1) is 0 Å². The Morgan fingerprint density at radius 1 is 1.17 bits per heavy atom. The van der Waals surface area contributed by atoms with Crippen molar-refractivity contribution < 1.29 is 14.4 Å². The summed E-state index contributed by atoms with van der Waals surface area (Å²) in [6, 6.07) is 6.36. The van der Waals surface area contributed by atoms with Gasteiger partial charge in [-0.1, -0.05) is 12.1 Å². The second-order valence-electron chi connectivity index (χ2n) is 3.77. The van der Waals surface area contributed by atoms with Gasteiger partial charge in [-0.15, -0.1) is 0 Å². The first-order chi connectivity index (χ1) is 8.54. The number of carbonyl (C=O) groups excluding carboxylic acids is 3. The molecule has 1 saturated heterocycles. The van der Waals surface area contributed by atoms with Crippen LogP contribution >= 0.6 is 0 Å². The van der Waals surface area contributed by atoms with Crippen LogP contribution in [0.1, 0.15) is 12.5 Å². The fourth-order valence-corrected chi connectivity index (χ4v) is 1.52. The predicted molar refractivity (Wildman–Crippen MR) is 65.4 cm³/mol. The van der Waals surface area contributed by atoms with Gasteiger partial charge >= 0.3 is 6.03 Å². The Balaban J connectivity index is 2.15. The van der Waals surface area contributed by atoms with Crippen LogP contribution in [0.15, 0.2) is 30.0 Å². The average Bonchev–Trinajstić information content (AvgIpc) is 2.59. The smallest absolute Gasteiger partial charge is 0.326 e. The molecule has 0 unspecified atom stereocenters. The van der Waals surface area contributed by atoms with Gasteiger partial charge in [0.25, 0.3) is 5.91 Å². The lowest BCUT2D eigenvalue weighted by Gasteiger charge is -2.02. The molecule has 92 valence electrons. The Morgan fingerprint density at radius 3 is 2.33 bits per heavy atom. The Bertz CT molecular complexity index is 546. The molecule has 6 heteroatoms. The SMILES string of the molecule is CC(=O)Nc1ccc(C=C2NC(=O)NC2=O)cc1. The Kier molecular flexibility index (Phi) is 3.09. The highest BCUT2D eigenvalue weighted by atomic mass is 16.2. The number of urea groups is 1. The maximum Gasteiger partial charge on any atom is 0.326 e. The standard InChI is InChI=1S/C12H11N3O3/c1-7(16)13-9-4-2-8(3-5-9)6-10-11(17)15-12(18)14-10/h2-6H,1H3,(H,13,16)(H2,14,15,17,18). The minimum Gasteiger partial charge on any atom is -0.326 e. The van der Waals surface area contributed by atoms with Gasteiger partial charge in [-0.05, 0) is 23.8 Å². The number of hydrogen-bond acceptors (Lipinski definition) is 3. The third-order valence-corrected chi connectivity index (χ3v) is 2.26. The molecule has 0 spiro atoms. The summed E-state index contributed by atoms with van der Waals surface area (Å²) in [4.78, 5) is 33.0. The van der Waals surface area contributed by atoms with Crippen molar-refractivity contribution in [2.24, 2.45) is 0 Å². The van der Waals surface area contributed by atoms with Crippen molar-refractivity contribution in [3.63, 3.8) is 0 Å². The number of nitrogens with one attached hydrogen (secondary N) is 3. The number of anilines is 1. The molecule has 18 heavy (non-hydrogen) atoms. The van der Waals surface area contributed by atoms with Crippen molar-refractivity contribution >= 4 is 29.6 Å². The molecule has 3 N–H and O–H groups in total. The zero-order valence-corrected chi connectivity index (χ0v) is 9.61. The van der Waals surface area contributed by atoms with Gasteiger partial charge in [0.15, 0.2) is 0 Å². The van der Waals surface area contributed by atoms with Gasteiger partial charge in [0.2, 0.25) is 5.91 Å². The molecule has 1 aliphatic heterocycles. The topological polar surface area (TPSA) is 87.3 Å². The first-order valence-electron chi connectivity index (χ1n) is 5.26. The van der Waals surface area contributed by atoms with Crippen LogP contribution in [0.3, 0.4) is 0 Å². The Labute approximate surface area is 103 Å². The van der Waals surface area contributed by atoms with E-state index in [2.05, 4.69) is 16.0 Å². The zero-order valence-electron chi connectivity index (χ0n) is 9.61. The van der Waals surface area contributed by atoms with E-state index in [1.54, 1.807) is 30.3 Å². The second-order valence-corrected chi connectivity index (χ2v) is 3.77. The normalized spacial score (nSPS) is 16.4. The molecule has 1 aromatic rings. The number of benzene rings is 1. The second kappa shape index (κ2) is 4.70. The predicted octanol–water partition coefficient (Wildman–Crippen LogP) is 0.825. The largest absolute Gasteiger partial charge is 0.326 e. The summed E-state index contributed by atoms with van der Waals surface area (Å²) in [6.07, 6.45) is 1.55. The van der Waals surface area contributed by atoms with Crippen molar-refractivity contribution in [2.45, 2.75) is 6.92 Å². The minimum absolute atomic E-state index is 0.150. The van der Waals surface area contributed by atoms with Crippen LogP contribution in [0.5, 0.6) is 0 Å². The van der Waals surface area contributed by atoms with Crippen molar-refractivity contribution in [1.29, 1.82) is 0 Å². The van der Waals surface area contributed by atoms with Gasteiger partial charge in [0.05, 0.1) is 0 Å². The first-order valence-corrected chi connectivity index (χ1v) is 5.26. The van der Waals surface area contributed by atoms with E-state index in [4.69, 9.17) is 0 Å². The van der Waals surface area contributed by atoms with Crippen LogP contribution in [-0.4, -0.2) is 17.8 Å². The molecular formula is C12H11N3O3. The molecule has 1 aliphatic rings. The summed E-state index contributed by atoms with van der Waals surface area (Å²) >= 11 is 0. The highest BCUT2D eigenvalue weighted by Crippen LogP contribution is 2.13. The summed E-state index contributed by atoms with van der Waals surface area (Å²) in [6.45, 7) is 1.42. The van der Waals surface area contributed by atoms with Gasteiger partial charge in [-0.2, -0.15) is 0 Å². The lowest BCUT2D eigenvalue weighted by Crippen LogP contribution is -2.22. The highest BCUT2D eigenvalue weighted by Gasteiger charge is 2.22. The highest BCUT2D eigenvalue weighted by molar-refractivity contribution is 6.14. The fraction of sp³-hybridized carbons (Fsp3) is 0.0833. The molecule has 0 bridgehead atoms. The monoisotopic (exact) mass is 245 g/mol. The van der Waals surface area contributed by atoms with Crippen molar-refractivity contribution in [3.8, 4) is 0 Å². The first kappa shape index (κ1) is 11.8. The molecule has 1 aromatic carbocycles. The fourth-order valence-electron chi connectivity index (χ4n) is 1.52. The van der Waals surface area contributed by atoms with Crippen molar-refractivity contribution in [1.82, 2.24) is 10.6 Å². The quantitative estimate of drug-likeness (QED) is 0.532. The third-order valence-electron chi connectivity index (χ3n) is 2.26. The number of carbonyl (C=O) groups is 3. The van der Waals surface area contributed by atoms with Crippen LogP contribution < -0.4 is 16.0 Å². The number of amides is 4. The molecule has 0 aromatic heterocycles. The Morgan fingerprint density at radius 2 is 1.83 bits per heavy atom. The summed E-state index contributed by atoms with van der Waals surface area (Å²) in [5, 5.41) is 7.13. The van der Waals surface area contributed by atoms with E-state index < -0.39 is 11.9 Å². The maximum absolute atomic E-state index is 11.3. The molecule has 0 saturated carbocycles. The number of rotatable bonds is 2. The number of imide groups is 1. The lowest BCUT2D eigenvalue weighted by atomic mass is 10.1. The summed E-state index contributed by atoms with van der Waals surface area (Å²) in [5.41, 5.74) is 1.62. The van der Waals surface area contributed by atoms with E-state index in [1.165, 1.54) is 6.92 Å². The van der Waals surface area contributed by atoms with E-state index in [1.807, 2.05) is 0 Å². The molecule has 1 heterocycles. The van der Waals surface area contributed by atoms with Crippen molar-refractivity contribution in [3.05, 3.63) is 35.5 Å². The molecule has 1 fully saturated rings. The van der Waals surface area contributed by atoms with Gasteiger partial charge in [-0.3, -0.25) is 14.9 Å². The maximum atomic E-state index is 11.3. The Hall–Kier alpha value is -2.63. The van der Waals surface area contributed by atoms with E-state index in [0.29, 0.717) is 5.69 Å². The molecule has 0 radical (unpaired) electrons. The van der Waals surface area contributed by atoms with E-state index in [-0.39, 0.29) is 11.6 Å². The van der Waals surface area contributed by atoms with Crippen LogP contribution in [-0.2, 0) is 9.59 Å². The average molecular weight is 245 g/mol. The molecular weight excluding hydrogens is 234 g/mol. The van der Waals surface area contributed by atoms with Gasteiger partial charge in [0, 0.05) is 12.6 Å². The van der Waals surface area contributed by atoms with E-state index >= 15 is 0 Å². The molecule has 2 rings (SSSR count). The van der Waals surface area contributed by atoms with Gasteiger partial charge in [-0.25, -0.2) is 4.79 Å². The van der Waals surface area contributed by atoms with E-state index in [9.17, 15) is 14.4 Å². The van der Waals surface area contributed by atoms with Crippen molar-refractivity contribution in [2.75, 3.05) is 5.32 Å². The molecule has 0 aliphatic carbocycles. The van der Waals surface area contributed by atoms with Gasteiger partial charge in [0.1, 0.15) is 5.70 Å².